The second-order valence-electron chi connectivity index (χ2n) is 4.72. The Balaban J connectivity index is 2.44. The maximum atomic E-state index is 11.6. The van der Waals surface area contributed by atoms with Crippen LogP contribution >= 0.6 is 0 Å². The number of nitrogens with one attached hydrogen (secondary N) is 1. The Hall–Kier alpha value is -0.530. The van der Waals surface area contributed by atoms with E-state index in [0.29, 0.717) is 12.0 Å². The van der Waals surface area contributed by atoms with Crippen LogP contribution in [0.25, 0.3) is 0 Å². The van der Waals surface area contributed by atoms with Crippen molar-refractivity contribution in [2.24, 2.45) is 11.8 Å². The SMILES string of the molecule is CCC1CCCCC1NC(=O)C(C)C. The molecule has 1 rings (SSSR count). The molecule has 1 N–H and O–H groups in total. The third-order valence-electron chi connectivity index (χ3n) is 3.29. The zero-order valence-corrected chi connectivity index (χ0v) is 9.68. The van der Waals surface area contributed by atoms with E-state index >= 15 is 0 Å². The molecule has 1 saturated carbocycles. The minimum absolute atomic E-state index is 0.120. The van der Waals surface area contributed by atoms with Gasteiger partial charge in [-0.3, -0.25) is 4.79 Å². The number of hydrogen-bond acceptors (Lipinski definition) is 1. The number of carbonyl (C=O) groups excluding carboxylic acids is 1. The van der Waals surface area contributed by atoms with Crippen LogP contribution in [0.2, 0.25) is 0 Å². The summed E-state index contributed by atoms with van der Waals surface area (Å²) in [4.78, 5) is 11.6. The molecule has 2 nitrogen and oxygen atoms in total. The molecular formula is C12H23NO. The Morgan fingerprint density at radius 2 is 2.00 bits per heavy atom. The molecule has 2 heteroatoms. The van der Waals surface area contributed by atoms with E-state index in [-0.39, 0.29) is 11.8 Å². The molecule has 0 heterocycles. The van der Waals surface area contributed by atoms with Crippen molar-refractivity contribution in [1.29, 1.82) is 0 Å². The fourth-order valence-electron chi connectivity index (χ4n) is 2.24. The van der Waals surface area contributed by atoms with Crippen LogP contribution in [0.4, 0.5) is 0 Å². The molecule has 82 valence electrons. The molecule has 1 amide bonds. The lowest BCUT2D eigenvalue weighted by atomic mass is 9.82. The summed E-state index contributed by atoms with van der Waals surface area (Å²) in [6.45, 7) is 6.14. The molecule has 0 aromatic carbocycles. The van der Waals surface area contributed by atoms with Crippen molar-refractivity contribution in [3.63, 3.8) is 0 Å². The van der Waals surface area contributed by atoms with Crippen LogP contribution in [0.5, 0.6) is 0 Å². The van der Waals surface area contributed by atoms with E-state index < -0.39 is 0 Å². The largest absolute Gasteiger partial charge is 0.353 e. The van der Waals surface area contributed by atoms with Crippen LogP contribution in [0.15, 0.2) is 0 Å². The molecular weight excluding hydrogens is 174 g/mol. The van der Waals surface area contributed by atoms with Crippen LogP contribution in [0.1, 0.15) is 52.9 Å². The Morgan fingerprint density at radius 3 is 2.57 bits per heavy atom. The van der Waals surface area contributed by atoms with E-state index in [4.69, 9.17) is 0 Å². The van der Waals surface area contributed by atoms with Crippen molar-refractivity contribution in [1.82, 2.24) is 5.32 Å². The average molecular weight is 197 g/mol. The van der Waals surface area contributed by atoms with Gasteiger partial charge in [-0.25, -0.2) is 0 Å². The van der Waals surface area contributed by atoms with Crippen molar-refractivity contribution in [2.45, 2.75) is 58.9 Å². The Morgan fingerprint density at radius 1 is 1.36 bits per heavy atom. The van der Waals surface area contributed by atoms with Crippen molar-refractivity contribution >= 4 is 5.91 Å². The van der Waals surface area contributed by atoms with Crippen LogP contribution in [0.3, 0.4) is 0 Å². The third kappa shape index (κ3) is 3.00. The van der Waals surface area contributed by atoms with Gasteiger partial charge in [0.05, 0.1) is 0 Å². The minimum Gasteiger partial charge on any atom is -0.353 e. The molecule has 14 heavy (non-hydrogen) atoms. The molecule has 2 unspecified atom stereocenters. The first-order valence-electron chi connectivity index (χ1n) is 5.95. The van der Waals surface area contributed by atoms with Gasteiger partial charge < -0.3 is 5.32 Å². The summed E-state index contributed by atoms with van der Waals surface area (Å²) in [5.41, 5.74) is 0. The maximum Gasteiger partial charge on any atom is 0.222 e. The fraction of sp³-hybridized carbons (Fsp3) is 0.917. The number of rotatable bonds is 3. The van der Waals surface area contributed by atoms with E-state index in [0.717, 1.165) is 0 Å². The fourth-order valence-corrected chi connectivity index (χ4v) is 2.24. The first-order valence-corrected chi connectivity index (χ1v) is 5.95. The van der Waals surface area contributed by atoms with Gasteiger partial charge in [0.2, 0.25) is 5.91 Å². The van der Waals surface area contributed by atoms with Crippen molar-refractivity contribution in [3.05, 3.63) is 0 Å². The first-order chi connectivity index (χ1) is 6.65. The van der Waals surface area contributed by atoms with E-state index in [2.05, 4.69) is 12.2 Å². The molecule has 1 fully saturated rings. The standard InChI is InChI=1S/C12H23NO/c1-4-10-7-5-6-8-11(10)13-12(14)9(2)3/h9-11H,4-8H2,1-3H3,(H,13,14). The molecule has 0 aromatic heterocycles. The second kappa shape index (κ2) is 5.38. The summed E-state index contributed by atoms with van der Waals surface area (Å²) in [5.74, 6) is 1.05. The zero-order valence-electron chi connectivity index (χ0n) is 9.68. The molecule has 0 spiro atoms. The summed E-state index contributed by atoms with van der Waals surface area (Å²) in [6.07, 6.45) is 6.28. The predicted molar refractivity (Wildman–Crippen MR) is 59.0 cm³/mol. The molecule has 2 atom stereocenters. The maximum absolute atomic E-state index is 11.6. The Labute approximate surface area is 87.5 Å². The van der Waals surface area contributed by atoms with Gasteiger partial charge >= 0.3 is 0 Å². The van der Waals surface area contributed by atoms with E-state index in [1.165, 1.54) is 32.1 Å². The second-order valence-corrected chi connectivity index (χ2v) is 4.72. The molecule has 0 aromatic rings. The predicted octanol–water partition coefficient (Wildman–Crippen LogP) is 2.73. The van der Waals surface area contributed by atoms with Gasteiger partial charge in [0.1, 0.15) is 0 Å². The summed E-state index contributed by atoms with van der Waals surface area (Å²) < 4.78 is 0. The van der Waals surface area contributed by atoms with Gasteiger partial charge in [-0.2, -0.15) is 0 Å². The molecule has 1 aliphatic rings. The summed E-state index contributed by atoms with van der Waals surface area (Å²) >= 11 is 0. The van der Waals surface area contributed by atoms with Gasteiger partial charge in [0.25, 0.3) is 0 Å². The lowest BCUT2D eigenvalue weighted by Gasteiger charge is -2.32. The van der Waals surface area contributed by atoms with Gasteiger partial charge in [-0.05, 0) is 18.8 Å². The van der Waals surface area contributed by atoms with Crippen LogP contribution < -0.4 is 5.32 Å². The zero-order chi connectivity index (χ0) is 10.6. The Bertz CT molecular complexity index is 189. The van der Waals surface area contributed by atoms with Gasteiger partial charge in [-0.1, -0.05) is 40.0 Å². The number of carbonyl (C=O) groups is 1. The first kappa shape index (κ1) is 11.5. The highest BCUT2D eigenvalue weighted by atomic mass is 16.1. The highest BCUT2D eigenvalue weighted by Crippen LogP contribution is 2.26. The Kier molecular flexibility index (Phi) is 4.43. The highest BCUT2D eigenvalue weighted by Gasteiger charge is 2.25. The van der Waals surface area contributed by atoms with Crippen molar-refractivity contribution in [2.75, 3.05) is 0 Å². The topological polar surface area (TPSA) is 29.1 Å². The molecule has 0 saturated heterocycles. The molecule has 1 aliphatic carbocycles. The smallest absolute Gasteiger partial charge is 0.222 e. The summed E-state index contributed by atoms with van der Waals surface area (Å²) in [7, 11) is 0. The van der Waals surface area contributed by atoms with Crippen LogP contribution in [0, 0.1) is 11.8 Å². The normalized spacial score (nSPS) is 27.7. The van der Waals surface area contributed by atoms with Crippen molar-refractivity contribution in [3.8, 4) is 0 Å². The van der Waals surface area contributed by atoms with Crippen LogP contribution in [-0.2, 0) is 4.79 Å². The van der Waals surface area contributed by atoms with E-state index in [1.807, 2.05) is 13.8 Å². The lowest BCUT2D eigenvalue weighted by Crippen LogP contribution is -2.43. The summed E-state index contributed by atoms with van der Waals surface area (Å²) in [6, 6.07) is 0.448. The number of hydrogen-bond donors (Lipinski definition) is 1. The summed E-state index contributed by atoms with van der Waals surface area (Å²) in [5, 5.41) is 3.18. The molecule has 0 aliphatic heterocycles. The highest BCUT2D eigenvalue weighted by molar-refractivity contribution is 5.78. The third-order valence-corrected chi connectivity index (χ3v) is 3.29. The van der Waals surface area contributed by atoms with Gasteiger partial charge in [0, 0.05) is 12.0 Å². The minimum atomic E-state index is 0.120. The monoisotopic (exact) mass is 197 g/mol. The van der Waals surface area contributed by atoms with Gasteiger partial charge in [0.15, 0.2) is 0 Å². The lowest BCUT2D eigenvalue weighted by molar-refractivity contribution is -0.125. The van der Waals surface area contributed by atoms with E-state index in [1.54, 1.807) is 0 Å². The molecule has 0 radical (unpaired) electrons. The van der Waals surface area contributed by atoms with Crippen molar-refractivity contribution < 1.29 is 4.79 Å². The molecule has 0 bridgehead atoms. The quantitative estimate of drug-likeness (QED) is 0.740. The van der Waals surface area contributed by atoms with E-state index in [9.17, 15) is 4.79 Å². The average Bonchev–Trinajstić information content (AvgIpc) is 2.18. The van der Waals surface area contributed by atoms with Gasteiger partial charge in [-0.15, -0.1) is 0 Å². The van der Waals surface area contributed by atoms with Crippen LogP contribution in [-0.4, -0.2) is 11.9 Å². The number of amides is 1.